The zero-order chi connectivity index (χ0) is 13.4. The van der Waals surface area contributed by atoms with Gasteiger partial charge in [-0.2, -0.15) is 0 Å². The summed E-state index contributed by atoms with van der Waals surface area (Å²) >= 11 is 0. The molecule has 1 aromatic carbocycles. The Bertz CT molecular complexity index is 401. The van der Waals surface area contributed by atoms with Crippen molar-refractivity contribution < 1.29 is 14.3 Å². The van der Waals surface area contributed by atoms with E-state index in [9.17, 15) is 9.59 Å². The Kier molecular flexibility index (Phi) is 5.87. The number of methoxy groups -OCH3 is 1. The monoisotopic (exact) mass is 250 g/mol. The Morgan fingerprint density at radius 3 is 2.33 bits per heavy atom. The van der Waals surface area contributed by atoms with Crippen LogP contribution < -0.4 is 11.1 Å². The molecular formula is C13H18N2O3. The normalized spacial score (nSPS) is 9.89. The van der Waals surface area contributed by atoms with Crippen molar-refractivity contribution in [1.82, 2.24) is 5.32 Å². The Labute approximate surface area is 106 Å². The molecule has 5 heteroatoms. The number of nitrogens with one attached hydrogen (secondary N) is 1. The van der Waals surface area contributed by atoms with Gasteiger partial charge < -0.3 is 15.8 Å². The lowest BCUT2D eigenvalue weighted by molar-refractivity contribution is -0.142. The number of benzene rings is 1. The molecule has 1 rings (SSSR count). The first-order chi connectivity index (χ1) is 8.65. The van der Waals surface area contributed by atoms with Crippen molar-refractivity contribution >= 4 is 11.9 Å². The van der Waals surface area contributed by atoms with Gasteiger partial charge in [-0.15, -0.1) is 0 Å². The smallest absolute Gasteiger partial charge is 0.306 e. The van der Waals surface area contributed by atoms with Gasteiger partial charge in [-0.1, -0.05) is 24.3 Å². The van der Waals surface area contributed by atoms with Crippen LogP contribution in [0.15, 0.2) is 24.3 Å². The molecular weight excluding hydrogens is 232 g/mol. The first-order valence-electron chi connectivity index (χ1n) is 5.77. The molecule has 1 aromatic rings. The third-order valence-corrected chi connectivity index (χ3v) is 2.53. The van der Waals surface area contributed by atoms with Crippen LogP contribution in [0.5, 0.6) is 0 Å². The average Bonchev–Trinajstić information content (AvgIpc) is 2.42. The van der Waals surface area contributed by atoms with Crippen LogP contribution in [0.4, 0.5) is 0 Å². The van der Waals surface area contributed by atoms with Gasteiger partial charge in [-0.05, 0) is 11.1 Å². The summed E-state index contributed by atoms with van der Waals surface area (Å²) in [5.74, 6) is -0.541. The second-order valence-electron chi connectivity index (χ2n) is 3.87. The highest BCUT2D eigenvalue weighted by molar-refractivity contribution is 5.81. The lowest BCUT2D eigenvalue weighted by atomic mass is 10.1. The van der Waals surface area contributed by atoms with Crippen molar-refractivity contribution in [1.29, 1.82) is 0 Å². The van der Waals surface area contributed by atoms with Crippen LogP contribution in [0.1, 0.15) is 24.0 Å². The van der Waals surface area contributed by atoms with Crippen LogP contribution in [0.25, 0.3) is 0 Å². The summed E-state index contributed by atoms with van der Waals surface area (Å²) in [6.07, 6.45) is 0.252. The van der Waals surface area contributed by atoms with E-state index >= 15 is 0 Å². The van der Waals surface area contributed by atoms with Crippen molar-refractivity contribution in [2.75, 3.05) is 7.11 Å². The summed E-state index contributed by atoms with van der Waals surface area (Å²) in [5, 5.41) is 2.74. The SMILES string of the molecule is COC(=O)CCC(=O)NCc1ccc(CN)cc1. The zero-order valence-electron chi connectivity index (χ0n) is 10.4. The minimum Gasteiger partial charge on any atom is -0.469 e. The predicted molar refractivity (Wildman–Crippen MR) is 67.4 cm³/mol. The molecule has 0 aromatic heterocycles. The maximum atomic E-state index is 11.4. The fraction of sp³-hybridized carbons (Fsp3) is 0.385. The van der Waals surface area contributed by atoms with Gasteiger partial charge >= 0.3 is 5.97 Å². The first kappa shape index (κ1) is 14.2. The number of carbonyl (C=O) groups is 2. The summed E-state index contributed by atoms with van der Waals surface area (Å²) in [4.78, 5) is 22.3. The van der Waals surface area contributed by atoms with Gasteiger partial charge in [-0.25, -0.2) is 0 Å². The molecule has 0 aliphatic rings. The zero-order valence-corrected chi connectivity index (χ0v) is 10.4. The van der Waals surface area contributed by atoms with Gasteiger partial charge in [0, 0.05) is 19.5 Å². The van der Waals surface area contributed by atoms with Gasteiger partial charge in [0.05, 0.1) is 13.5 Å². The molecule has 0 radical (unpaired) electrons. The Balaban J connectivity index is 2.31. The summed E-state index contributed by atoms with van der Waals surface area (Å²) in [7, 11) is 1.30. The summed E-state index contributed by atoms with van der Waals surface area (Å²) in [5.41, 5.74) is 7.54. The van der Waals surface area contributed by atoms with Gasteiger partial charge in [0.15, 0.2) is 0 Å². The topological polar surface area (TPSA) is 81.4 Å². The van der Waals surface area contributed by atoms with E-state index in [1.165, 1.54) is 7.11 Å². The molecule has 0 bridgehead atoms. The van der Waals surface area contributed by atoms with Crippen LogP contribution in [0.3, 0.4) is 0 Å². The molecule has 0 saturated heterocycles. The minimum atomic E-state index is -0.377. The average molecular weight is 250 g/mol. The van der Waals surface area contributed by atoms with E-state index in [4.69, 9.17) is 5.73 Å². The molecule has 5 nitrogen and oxygen atoms in total. The van der Waals surface area contributed by atoms with E-state index in [1.807, 2.05) is 24.3 Å². The minimum absolute atomic E-state index is 0.106. The van der Waals surface area contributed by atoms with Crippen LogP contribution in [-0.2, 0) is 27.4 Å². The fourth-order valence-electron chi connectivity index (χ4n) is 1.40. The highest BCUT2D eigenvalue weighted by atomic mass is 16.5. The molecule has 0 unspecified atom stereocenters. The quantitative estimate of drug-likeness (QED) is 0.729. The Hall–Kier alpha value is -1.88. The van der Waals surface area contributed by atoms with E-state index in [0.29, 0.717) is 13.1 Å². The number of esters is 1. The largest absolute Gasteiger partial charge is 0.469 e. The summed E-state index contributed by atoms with van der Waals surface area (Å²) < 4.78 is 4.46. The molecule has 0 atom stereocenters. The number of nitrogens with two attached hydrogens (primary N) is 1. The van der Waals surface area contributed by atoms with E-state index in [1.54, 1.807) is 0 Å². The number of rotatable bonds is 6. The first-order valence-corrected chi connectivity index (χ1v) is 5.77. The number of carbonyl (C=O) groups excluding carboxylic acids is 2. The standard InChI is InChI=1S/C13H18N2O3/c1-18-13(17)7-6-12(16)15-9-11-4-2-10(8-14)3-5-11/h2-5H,6-9,14H2,1H3,(H,15,16). The highest BCUT2D eigenvalue weighted by Gasteiger charge is 2.06. The lowest BCUT2D eigenvalue weighted by Crippen LogP contribution is -2.23. The van der Waals surface area contributed by atoms with E-state index in [-0.39, 0.29) is 24.7 Å². The molecule has 0 spiro atoms. The predicted octanol–water partition coefficient (Wildman–Crippen LogP) is 0.715. The fourth-order valence-corrected chi connectivity index (χ4v) is 1.40. The summed E-state index contributed by atoms with van der Waals surface area (Å²) in [6, 6.07) is 7.69. The van der Waals surface area contributed by atoms with Crippen LogP contribution in [0.2, 0.25) is 0 Å². The maximum absolute atomic E-state index is 11.4. The molecule has 0 aliphatic carbocycles. The number of amides is 1. The van der Waals surface area contributed by atoms with Gasteiger partial charge in [-0.3, -0.25) is 9.59 Å². The van der Waals surface area contributed by atoms with Gasteiger partial charge in [0.1, 0.15) is 0 Å². The molecule has 1 amide bonds. The summed E-state index contributed by atoms with van der Waals surface area (Å²) in [6.45, 7) is 0.955. The lowest BCUT2D eigenvalue weighted by Gasteiger charge is -2.05. The van der Waals surface area contributed by atoms with E-state index in [0.717, 1.165) is 11.1 Å². The molecule has 0 heterocycles. The van der Waals surface area contributed by atoms with Crippen molar-refractivity contribution in [3.63, 3.8) is 0 Å². The second-order valence-corrected chi connectivity index (χ2v) is 3.87. The highest BCUT2D eigenvalue weighted by Crippen LogP contribution is 2.03. The molecule has 3 N–H and O–H groups in total. The Morgan fingerprint density at radius 1 is 1.17 bits per heavy atom. The third kappa shape index (κ3) is 4.97. The van der Waals surface area contributed by atoms with Crippen LogP contribution in [0, 0.1) is 0 Å². The van der Waals surface area contributed by atoms with Gasteiger partial charge in [0.25, 0.3) is 0 Å². The number of hydrogen-bond acceptors (Lipinski definition) is 4. The van der Waals surface area contributed by atoms with Crippen molar-refractivity contribution in [2.45, 2.75) is 25.9 Å². The molecule has 0 saturated carbocycles. The van der Waals surface area contributed by atoms with Gasteiger partial charge in [0.2, 0.25) is 5.91 Å². The van der Waals surface area contributed by atoms with Crippen molar-refractivity contribution in [2.24, 2.45) is 5.73 Å². The van der Waals surface area contributed by atoms with Crippen molar-refractivity contribution in [3.05, 3.63) is 35.4 Å². The maximum Gasteiger partial charge on any atom is 0.306 e. The third-order valence-electron chi connectivity index (χ3n) is 2.53. The van der Waals surface area contributed by atoms with E-state index < -0.39 is 0 Å². The van der Waals surface area contributed by atoms with E-state index in [2.05, 4.69) is 10.1 Å². The molecule has 18 heavy (non-hydrogen) atoms. The number of hydrogen-bond donors (Lipinski definition) is 2. The van der Waals surface area contributed by atoms with Crippen LogP contribution in [-0.4, -0.2) is 19.0 Å². The molecule has 0 fully saturated rings. The van der Waals surface area contributed by atoms with Crippen molar-refractivity contribution in [3.8, 4) is 0 Å². The second kappa shape index (κ2) is 7.45. The van der Waals surface area contributed by atoms with Crippen LogP contribution >= 0.6 is 0 Å². The molecule has 98 valence electrons. The molecule has 0 aliphatic heterocycles. The number of ether oxygens (including phenoxy) is 1. The Morgan fingerprint density at radius 2 is 1.78 bits per heavy atom.